The van der Waals surface area contributed by atoms with Crippen LogP contribution < -0.4 is 9.62 Å². The third-order valence-electron chi connectivity index (χ3n) is 6.17. The number of carbonyl (C=O) groups excluding carboxylic acids is 2. The number of hydrogen-bond acceptors (Lipinski definition) is 4. The van der Waals surface area contributed by atoms with Gasteiger partial charge in [0.1, 0.15) is 18.4 Å². The first-order valence-electron chi connectivity index (χ1n) is 13.0. The lowest BCUT2D eigenvalue weighted by Gasteiger charge is -2.35. The number of halogens is 2. The van der Waals surface area contributed by atoms with Crippen molar-refractivity contribution in [1.82, 2.24) is 14.5 Å². The number of rotatable bonds is 11. The molecule has 0 saturated carbocycles. The molecular weight excluding hydrogens is 611 g/mol. The van der Waals surface area contributed by atoms with Gasteiger partial charge in [0.25, 0.3) is 0 Å². The predicted molar refractivity (Wildman–Crippen MR) is 163 cm³/mol. The maximum atomic E-state index is 14.2. The van der Waals surface area contributed by atoms with Gasteiger partial charge in [-0.15, -0.1) is 0 Å². The maximum Gasteiger partial charge on any atom is 0.304 e. The lowest BCUT2D eigenvalue weighted by atomic mass is 10.0. The van der Waals surface area contributed by atoms with E-state index in [1.807, 2.05) is 75.4 Å². The van der Waals surface area contributed by atoms with Crippen LogP contribution in [0.15, 0.2) is 83.3 Å². The molecular formula is C30H36BrFN4O4S. The van der Waals surface area contributed by atoms with Gasteiger partial charge in [-0.05, 0) is 68.3 Å². The molecule has 0 heterocycles. The van der Waals surface area contributed by atoms with Crippen molar-refractivity contribution in [1.29, 1.82) is 0 Å². The van der Waals surface area contributed by atoms with Gasteiger partial charge in [0.05, 0.1) is 5.69 Å². The van der Waals surface area contributed by atoms with Gasteiger partial charge in [0.15, 0.2) is 0 Å². The van der Waals surface area contributed by atoms with E-state index in [4.69, 9.17) is 0 Å². The van der Waals surface area contributed by atoms with E-state index in [2.05, 4.69) is 21.2 Å². The second-order valence-electron chi connectivity index (χ2n) is 10.9. The summed E-state index contributed by atoms with van der Waals surface area (Å²) in [6, 6.07) is 20.6. The van der Waals surface area contributed by atoms with Gasteiger partial charge in [-0.25, -0.2) is 8.70 Å². The largest absolute Gasteiger partial charge is 0.350 e. The fourth-order valence-electron chi connectivity index (χ4n) is 4.12. The fourth-order valence-corrected chi connectivity index (χ4v) is 5.44. The number of hydrogen-bond donors (Lipinski definition) is 1. The zero-order chi connectivity index (χ0) is 30.4. The summed E-state index contributed by atoms with van der Waals surface area (Å²) in [5.74, 6) is -1.50. The molecule has 220 valence electrons. The van der Waals surface area contributed by atoms with E-state index in [1.54, 1.807) is 0 Å². The summed E-state index contributed by atoms with van der Waals surface area (Å²) < 4.78 is 43.2. The van der Waals surface area contributed by atoms with Crippen LogP contribution in [0.5, 0.6) is 0 Å². The van der Waals surface area contributed by atoms with Crippen molar-refractivity contribution in [3.8, 4) is 0 Å². The number of nitrogens with one attached hydrogen (secondary N) is 1. The van der Waals surface area contributed by atoms with Crippen molar-refractivity contribution in [2.75, 3.05) is 24.9 Å². The molecule has 0 bridgehead atoms. The summed E-state index contributed by atoms with van der Waals surface area (Å²) in [5, 5.41) is 2.99. The lowest BCUT2D eigenvalue weighted by Crippen LogP contribution is -2.56. The van der Waals surface area contributed by atoms with Crippen LogP contribution in [0.25, 0.3) is 0 Å². The van der Waals surface area contributed by atoms with Gasteiger partial charge in [0.2, 0.25) is 11.8 Å². The number of carbonyl (C=O) groups is 2. The zero-order valence-electron chi connectivity index (χ0n) is 23.8. The van der Waals surface area contributed by atoms with E-state index in [0.29, 0.717) is 0 Å². The Hall–Kier alpha value is -3.28. The molecule has 0 radical (unpaired) electrons. The maximum absolute atomic E-state index is 14.2. The molecule has 41 heavy (non-hydrogen) atoms. The van der Waals surface area contributed by atoms with Gasteiger partial charge in [-0.2, -0.15) is 12.7 Å². The molecule has 3 aromatic carbocycles. The Morgan fingerprint density at radius 2 is 1.49 bits per heavy atom. The molecule has 3 aromatic rings. The van der Waals surface area contributed by atoms with Crippen molar-refractivity contribution >= 4 is 43.6 Å². The van der Waals surface area contributed by atoms with Crippen molar-refractivity contribution in [2.45, 2.75) is 45.3 Å². The number of nitrogens with zero attached hydrogens (tertiary/aromatic N) is 3. The van der Waals surface area contributed by atoms with Crippen LogP contribution in [0.3, 0.4) is 0 Å². The SMILES string of the molecule is CN(C)S(=O)(=O)N(CC(=O)N(Cc1ccc(Br)cc1)[C@H](Cc1ccccc1)C(=O)NC(C)(C)C)c1ccc(F)cc1. The Morgan fingerprint density at radius 3 is 2.02 bits per heavy atom. The van der Waals surface area contributed by atoms with Gasteiger partial charge in [0, 0.05) is 37.1 Å². The first kappa shape index (κ1) is 32.2. The smallest absolute Gasteiger partial charge is 0.304 e. The highest BCUT2D eigenvalue weighted by molar-refractivity contribution is 9.10. The van der Waals surface area contributed by atoms with Crippen LogP contribution in [-0.2, 0) is 32.8 Å². The minimum atomic E-state index is -4.16. The Kier molecular flexibility index (Phi) is 10.7. The molecule has 0 aliphatic rings. The van der Waals surface area contributed by atoms with E-state index in [9.17, 15) is 22.4 Å². The lowest BCUT2D eigenvalue weighted by molar-refractivity contribution is -0.140. The zero-order valence-corrected chi connectivity index (χ0v) is 26.2. The minimum Gasteiger partial charge on any atom is -0.350 e. The topological polar surface area (TPSA) is 90.0 Å². The molecule has 0 unspecified atom stereocenters. The summed E-state index contributed by atoms with van der Waals surface area (Å²) in [6.45, 7) is 5.01. The van der Waals surface area contributed by atoms with E-state index < -0.39 is 40.1 Å². The summed E-state index contributed by atoms with van der Waals surface area (Å²) in [5.41, 5.74) is 1.14. The fraction of sp³-hybridized carbons (Fsp3) is 0.333. The third-order valence-corrected chi connectivity index (χ3v) is 8.52. The monoisotopic (exact) mass is 646 g/mol. The molecule has 0 spiro atoms. The second-order valence-corrected chi connectivity index (χ2v) is 13.8. The first-order chi connectivity index (χ1) is 19.2. The molecule has 11 heteroatoms. The standard InChI is InChI=1S/C30H36BrFN4O4S/c1-30(2,3)33-29(38)27(19-22-9-7-6-8-10-22)35(20-23-11-13-24(31)14-12-23)28(37)21-36(41(39,40)34(4)5)26-17-15-25(32)16-18-26/h6-18,27H,19-21H2,1-5H3,(H,33,38)/t27-/m1/s1. The molecule has 2 amide bonds. The second kappa shape index (κ2) is 13.6. The Balaban J connectivity index is 2.10. The van der Waals surface area contributed by atoms with E-state index in [0.717, 1.165) is 36.3 Å². The Morgan fingerprint density at radius 1 is 0.902 bits per heavy atom. The van der Waals surface area contributed by atoms with Crippen LogP contribution in [0.1, 0.15) is 31.9 Å². The normalized spacial score (nSPS) is 12.6. The van der Waals surface area contributed by atoms with Crippen LogP contribution in [-0.4, -0.2) is 61.7 Å². The van der Waals surface area contributed by atoms with Crippen LogP contribution in [0.4, 0.5) is 10.1 Å². The molecule has 8 nitrogen and oxygen atoms in total. The van der Waals surface area contributed by atoms with Crippen molar-refractivity contribution in [3.05, 3.63) is 100 Å². The molecule has 1 N–H and O–H groups in total. The summed E-state index contributed by atoms with van der Waals surface area (Å²) >= 11 is 3.42. The third kappa shape index (κ3) is 9.11. The average Bonchev–Trinajstić information content (AvgIpc) is 2.90. The Bertz CT molecular complexity index is 1430. The summed E-state index contributed by atoms with van der Waals surface area (Å²) in [6.07, 6.45) is 0.210. The number of anilines is 1. The van der Waals surface area contributed by atoms with Gasteiger partial charge in [-0.1, -0.05) is 58.4 Å². The molecule has 1 atom stereocenters. The summed E-state index contributed by atoms with van der Waals surface area (Å²) in [7, 11) is -1.45. The Labute approximate surface area is 250 Å². The van der Waals surface area contributed by atoms with Crippen LogP contribution in [0, 0.1) is 5.82 Å². The number of benzene rings is 3. The molecule has 0 aliphatic carbocycles. The highest BCUT2D eigenvalue weighted by atomic mass is 79.9. The highest BCUT2D eigenvalue weighted by Crippen LogP contribution is 2.23. The molecule has 0 fully saturated rings. The van der Waals surface area contributed by atoms with Gasteiger partial charge < -0.3 is 10.2 Å². The van der Waals surface area contributed by atoms with Crippen molar-refractivity contribution in [2.24, 2.45) is 0 Å². The van der Waals surface area contributed by atoms with Gasteiger partial charge >= 0.3 is 10.2 Å². The average molecular weight is 648 g/mol. The predicted octanol–water partition coefficient (Wildman–Crippen LogP) is 4.76. The van der Waals surface area contributed by atoms with Crippen LogP contribution >= 0.6 is 15.9 Å². The van der Waals surface area contributed by atoms with E-state index in [1.165, 1.54) is 31.1 Å². The van der Waals surface area contributed by atoms with Crippen molar-refractivity contribution in [3.63, 3.8) is 0 Å². The van der Waals surface area contributed by atoms with Gasteiger partial charge in [-0.3, -0.25) is 9.59 Å². The highest BCUT2D eigenvalue weighted by Gasteiger charge is 2.35. The molecule has 0 saturated heterocycles. The molecule has 0 aromatic heterocycles. The molecule has 3 rings (SSSR count). The van der Waals surface area contributed by atoms with Crippen molar-refractivity contribution < 1.29 is 22.4 Å². The number of amides is 2. The van der Waals surface area contributed by atoms with E-state index in [-0.39, 0.29) is 24.6 Å². The quantitative estimate of drug-likeness (QED) is 0.325. The van der Waals surface area contributed by atoms with E-state index >= 15 is 0 Å². The summed E-state index contributed by atoms with van der Waals surface area (Å²) in [4.78, 5) is 29.3. The first-order valence-corrected chi connectivity index (χ1v) is 15.2. The van der Waals surface area contributed by atoms with Crippen LogP contribution in [0.2, 0.25) is 0 Å². The molecule has 0 aliphatic heterocycles. The minimum absolute atomic E-state index is 0.0560.